The number of ether oxygens (including phenoxy) is 1. The Labute approximate surface area is 167 Å². The topological polar surface area (TPSA) is 131 Å². The van der Waals surface area contributed by atoms with E-state index in [0.29, 0.717) is 28.4 Å². The molecule has 0 aliphatic rings. The summed E-state index contributed by atoms with van der Waals surface area (Å²) in [4.78, 5) is 31.8. The number of nitrogen functional groups attached to an aromatic ring is 1. The first-order valence-electron chi connectivity index (χ1n) is 8.67. The zero-order valence-corrected chi connectivity index (χ0v) is 15.9. The third-order valence-electron chi connectivity index (χ3n) is 4.08. The lowest BCUT2D eigenvalue weighted by atomic mass is 10.1. The summed E-state index contributed by atoms with van der Waals surface area (Å²) in [7, 11) is 1.55. The van der Waals surface area contributed by atoms with Crippen LogP contribution in [0, 0.1) is 0 Å². The number of benzene rings is 2. The molecule has 0 unspecified atom stereocenters. The molecule has 1 amide bonds. The number of rotatable bonds is 7. The maximum atomic E-state index is 12.2. The van der Waals surface area contributed by atoms with Crippen LogP contribution in [0.2, 0.25) is 0 Å². The fourth-order valence-corrected chi connectivity index (χ4v) is 2.45. The average molecular weight is 392 g/mol. The number of amides is 1. The fraction of sp³-hybridized carbons (Fsp3) is 0.100. The largest absolute Gasteiger partial charge is 0.497 e. The number of nitrogens with one attached hydrogen (secondary N) is 3. The highest BCUT2D eigenvalue weighted by Gasteiger charge is 2.11. The molecule has 5 N–H and O–H groups in total. The first-order valence-corrected chi connectivity index (χ1v) is 8.67. The SMILES string of the molecule is COc1ccc(C(=O)NNc2ncnc(Nc3ccc(C(C)=O)cc3)c2N)cc1. The highest BCUT2D eigenvalue weighted by Crippen LogP contribution is 2.25. The van der Waals surface area contributed by atoms with Crippen LogP contribution in [-0.2, 0) is 0 Å². The molecule has 29 heavy (non-hydrogen) atoms. The maximum absolute atomic E-state index is 12.2. The standard InChI is InChI=1S/C20H20N6O3/c1-12(27)13-3-7-15(8-4-13)24-18-17(21)19(23-11-22-18)25-26-20(28)14-5-9-16(29-2)10-6-14/h3-11H,21H2,1-2H3,(H,26,28)(H2,22,23,24,25). The Morgan fingerprint density at radius 3 is 2.17 bits per heavy atom. The third kappa shape index (κ3) is 4.78. The third-order valence-corrected chi connectivity index (χ3v) is 4.08. The molecule has 0 spiro atoms. The van der Waals surface area contributed by atoms with E-state index in [2.05, 4.69) is 26.1 Å². The van der Waals surface area contributed by atoms with Crippen molar-refractivity contribution >= 4 is 34.7 Å². The summed E-state index contributed by atoms with van der Waals surface area (Å²) in [6, 6.07) is 13.6. The molecule has 2 aromatic carbocycles. The van der Waals surface area contributed by atoms with Gasteiger partial charge in [-0.05, 0) is 55.5 Å². The van der Waals surface area contributed by atoms with E-state index in [4.69, 9.17) is 10.5 Å². The van der Waals surface area contributed by atoms with Crippen LogP contribution in [0.3, 0.4) is 0 Å². The molecule has 0 saturated heterocycles. The minimum absolute atomic E-state index is 0.0165. The number of ketones is 1. The van der Waals surface area contributed by atoms with Gasteiger partial charge in [0.2, 0.25) is 0 Å². The molecular formula is C20H20N6O3. The number of hydrogen-bond donors (Lipinski definition) is 4. The van der Waals surface area contributed by atoms with Crippen LogP contribution in [0.1, 0.15) is 27.6 Å². The van der Waals surface area contributed by atoms with Crippen molar-refractivity contribution in [2.75, 3.05) is 23.6 Å². The van der Waals surface area contributed by atoms with E-state index in [9.17, 15) is 9.59 Å². The van der Waals surface area contributed by atoms with Crippen molar-refractivity contribution in [3.8, 4) is 5.75 Å². The number of aromatic nitrogens is 2. The van der Waals surface area contributed by atoms with Gasteiger partial charge in [-0.15, -0.1) is 0 Å². The van der Waals surface area contributed by atoms with Gasteiger partial charge < -0.3 is 15.8 Å². The van der Waals surface area contributed by atoms with Crippen LogP contribution in [0.4, 0.5) is 23.0 Å². The normalized spacial score (nSPS) is 10.1. The molecule has 3 rings (SSSR count). The van der Waals surface area contributed by atoms with E-state index < -0.39 is 0 Å². The van der Waals surface area contributed by atoms with Gasteiger partial charge in [-0.25, -0.2) is 9.97 Å². The van der Waals surface area contributed by atoms with E-state index >= 15 is 0 Å². The molecule has 1 aromatic heterocycles. The predicted molar refractivity (Wildman–Crippen MR) is 110 cm³/mol. The lowest BCUT2D eigenvalue weighted by Gasteiger charge is -2.13. The molecule has 9 nitrogen and oxygen atoms in total. The molecule has 0 aliphatic carbocycles. The van der Waals surface area contributed by atoms with Crippen LogP contribution >= 0.6 is 0 Å². The van der Waals surface area contributed by atoms with Gasteiger partial charge in [0.1, 0.15) is 17.8 Å². The smallest absolute Gasteiger partial charge is 0.269 e. The van der Waals surface area contributed by atoms with Gasteiger partial charge in [0, 0.05) is 16.8 Å². The number of Topliss-reactive ketones (excluding diaryl/α,β-unsaturated/α-hetero) is 1. The molecule has 0 radical (unpaired) electrons. The highest BCUT2D eigenvalue weighted by molar-refractivity contribution is 5.95. The molecular weight excluding hydrogens is 372 g/mol. The van der Waals surface area contributed by atoms with Crippen molar-refractivity contribution in [2.24, 2.45) is 0 Å². The second-order valence-corrected chi connectivity index (χ2v) is 6.05. The van der Waals surface area contributed by atoms with Gasteiger partial charge >= 0.3 is 0 Å². The first kappa shape index (κ1) is 19.6. The fourth-order valence-electron chi connectivity index (χ4n) is 2.45. The molecule has 0 saturated carbocycles. The molecule has 3 aromatic rings. The summed E-state index contributed by atoms with van der Waals surface area (Å²) < 4.78 is 5.07. The Morgan fingerprint density at radius 2 is 1.55 bits per heavy atom. The number of carbonyl (C=O) groups is 2. The van der Waals surface area contributed by atoms with Crippen molar-refractivity contribution in [3.05, 3.63) is 66.0 Å². The molecule has 148 valence electrons. The van der Waals surface area contributed by atoms with Gasteiger partial charge in [0.05, 0.1) is 7.11 Å². The molecule has 0 atom stereocenters. The lowest BCUT2D eigenvalue weighted by molar-refractivity contribution is 0.0961. The van der Waals surface area contributed by atoms with Crippen molar-refractivity contribution in [3.63, 3.8) is 0 Å². The Hall–Kier alpha value is -4.14. The first-order chi connectivity index (χ1) is 14.0. The van der Waals surface area contributed by atoms with Crippen molar-refractivity contribution in [2.45, 2.75) is 6.92 Å². The Bertz CT molecular complexity index is 1020. The van der Waals surface area contributed by atoms with Gasteiger partial charge in [-0.2, -0.15) is 0 Å². The summed E-state index contributed by atoms with van der Waals surface area (Å²) in [6.45, 7) is 1.50. The van der Waals surface area contributed by atoms with Gasteiger partial charge in [0.25, 0.3) is 5.91 Å². The lowest BCUT2D eigenvalue weighted by Crippen LogP contribution is -2.30. The predicted octanol–water partition coefficient (Wildman–Crippen LogP) is 2.77. The number of anilines is 4. The maximum Gasteiger partial charge on any atom is 0.269 e. The van der Waals surface area contributed by atoms with E-state index in [-0.39, 0.29) is 23.2 Å². The summed E-state index contributed by atoms with van der Waals surface area (Å²) in [6.07, 6.45) is 1.31. The number of methoxy groups -OCH3 is 1. The molecule has 0 fully saturated rings. The summed E-state index contributed by atoms with van der Waals surface area (Å²) in [5.41, 5.74) is 13.3. The van der Waals surface area contributed by atoms with Gasteiger partial charge in [-0.3, -0.25) is 20.4 Å². The molecule has 1 heterocycles. The number of nitrogens with two attached hydrogens (primary N) is 1. The molecule has 9 heteroatoms. The van der Waals surface area contributed by atoms with Crippen molar-refractivity contribution in [1.29, 1.82) is 0 Å². The van der Waals surface area contributed by atoms with Gasteiger partial charge in [-0.1, -0.05) is 0 Å². The average Bonchev–Trinajstić information content (AvgIpc) is 2.74. The zero-order valence-electron chi connectivity index (χ0n) is 15.9. The quantitative estimate of drug-likeness (QED) is 0.357. The number of hydrazine groups is 1. The van der Waals surface area contributed by atoms with E-state index in [1.165, 1.54) is 13.3 Å². The van der Waals surface area contributed by atoms with Crippen LogP contribution in [0.5, 0.6) is 5.75 Å². The van der Waals surface area contributed by atoms with Crippen LogP contribution in [0.25, 0.3) is 0 Å². The molecule has 0 aliphatic heterocycles. The number of hydrogen-bond acceptors (Lipinski definition) is 8. The summed E-state index contributed by atoms with van der Waals surface area (Å²) >= 11 is 0. The molecule has 0 bridgehead atoms. The van der Waals surface area contributed by atoms with Crippen LogP contribution in [0.15, 0.2) is 54.9 Å². The zero-order chi connectivity index (χ0) is 20.8. The monoisotopic (exact) mass is 392 g/mol. The second kappa shape index (κ2) is 8.70. The van der Waals surface area contributed by atoms with Crippen LogP contribution < -0.4 is 26.6 Å². The summed E-state index contributed by atoms with van der Waals surface area (Å²) in [5, 5.41) is 3.06. The van der Waals surface area contributed by atoms with E-state index in [0.717, 1.165) is 0 Å². The number of nitrogens with zero attached hydrogens (tertiary/aromatic N) is 2. The second-order valence-electron chi connectivity index (χ2n) is 6.05. The number of carbonyl (C=O) groups excluding carboxylic acids is 2. The Morgan fingerprint density at radius 1 is 0.931 bits per heavy atom. The Balaban J connectivity index is 1.67. The van der Waals surface area contributed by atoms with Crippen molar-refractivity contribution in [1.82, 2.24) is 15.4 Å². The highest BCUT2D eigenvalue weighted by atomic mass is 16.5. The minimum Gasteiger partial charge on any atom is -0.497 e. The minimum atomic E-state index is -0.361. The summed E-state index contributed by atoms with van der Waals surface area (Å²) in [5.74, 6) is 0.875. The van der Waals surface area contributed by atoms with E-state index in [1.54, 1.807) is 55.6 Å². The van der Waals surface area contributed by atoms with Crippen molar-refractivity contribution < 1.29 is 14.3 Å². The van der Waals surface area contributed by atoms with Gasteiger partial charge in [0.15, 0.2) is 17.4 Å². The van der Waals surface area contributed by atoms with E-state index in [1.807, 2.05) is 0 Å². The Kier molecular flexibility index (Phi) is 5.88. The van der Waals surface area contributed by atoms with Crippen LogP contribution in [-0.4, -0.2) is 28.8 Å².